The van der Waals surface area contributed by atoms with Gasteiger partial charge in [-0.25, -0.2) is 0 Å². The molecule has 2 atom stereocenters. The topological polar surface area (TPSA) is 33.7 Å². The molecule has 1 fully saturated rings. The fraction of sp³-hybridized carbons (Fsp3) is 1.00. The first-order chi connectivity index (χ1) is 7.74. The van der Waals surface area contributed by atoms with Crippen LogP contribution in [0.1, 0.15) is 20.8 Å². The molecule has 0 bridgehead atoms. The lowest BCUT2D eigenvalue weighted by molar-refractivity contribution is -0.0486. The van der Waals surface area contributed by atoms with Gasteiger partial charge in [-0.05, 0) is 20.8 Å². The molecule has 1 heterocycles. The van der Waals surface area contributed by atoms with Gasteiger partial charge >= 0.3 is 0 Å². The predicted octanol–water partition coefficient (Wildman–Crippen LogP) is 0.722. The number of hydrogen-bond acceptors (Lipinski definition) is 4. The van der Waals surface area contributed by atoms with Crippen LogP contribution in [0, 0.1) is 0 Å². The summed E-state index contributed by atoms with van der Waals surface area (Å²) in [5.74, 6) is 0. The van der Waals surface area contributed by atoms with Crippen molar-refractivity contribution >= 4 is 0 Å². The van der Waals surface area contributed by atoms with Crippen LogP contribution in [-0.2, 0) is 9.47 Å². The quantitative estimate of drug-likeness (QED) is 0.654. The molecule has 0 aromatic carbocycles. The van der Waals surface area contributed by atoms with Crippen molar-refractivity contribution in [2.75, 3.05) is 46.0 Å². The Morgan fingerprint density at radius 3 is 2.94 bits per heavy atom. The number of hydrogen-bond donors (Lipinski definition) is 1. The van der Waals surface area contributed by atoms with E-state index in [0.717, 1.165) is 46.0 Å². The Morgan fingerprint density at radius 1 is 1.38 bits per heavy atom. The molecule has 0 radical (unpaired) electrons. The minimum absolute atomic E-state index is 0.375. The summed E-state index contributed by atoms with van der Waals surface area (Å²) in [7, 11) is 0. The zero-order valence-corrected chi connectivity index (χ0v) is 10.9. The molecule has 1 aliphatic heterocycles. The van der Waals surface area contributed by atoms with Crippen molar-refractivity contribution in [3.63, 3.8) is 0 Å². The van der Waals surface area contributed by atoms with Crippen LogP contribution < -0.4 is 5.32 Å². The second-order valence-corrected chi connectivity index (χ2v) is 4.43. The zero-order valence-electron chi connectivity index (χ0n) is 10.9. The molecule has 0 spiro atoms. The third-order valence-electron chi connectivity index (χ3n) is 2.94. The first kappa shape index (κ1) is 13.9. The minimum Gasteiger partial charge on any atom is -0.380 e. The number of nitrogens with one attached hydrogen (secondary N) is 1. The Morgan fingerprint density at radius 2 is 2.19 bits per heavy atom. The molecule has 96 valence electrons. The molecule has 1 saturated heterocycles. The van der Waals surface area contributed by atoms with Gasteiger partial charge in [-0.2, -0.15) is 0 Å². The third kappa shape index (κ3) is 5.25. The van der Waals surface area contributed by atoms with Crippen molar-refractivity contribution in [2.45, 2.75) is 32.9 Å². The molecule has 2 unspecified atom stereocenters. The molecule has 1 aliphatic rings. The van der Waals surface area contributed by atoms with Crippen molar-refractivity contribution in [3.05, 3.63) is 0 Å². The highest BCUT2D eigenvalue weighted by molar-refractivity contribution is 4.75. The van der Waals surface area contributed by atoms with Crippen molar-refractivity contribution in [1.82, 2.24) is 10.2 Å². The molecule has 16 heavy (non-hydrogen) atoms. The standard InChI is InChI=1S/C12H26N2O2/c1-4-15-8-6-13-5-7-14-9-12(3)16-10-11(14)2/h11-13H,4-10H2,1-3H3. The Hall–Kier alpha value is -0.160. The molecule has 1 rings (SSSR count). The third-order valence-corrected chi connectivity index (χ3v) is 2.94. The smallest absolute Gasteiger partial charge is 0.0674 e. The van der Waals surface area contributed by atoms with E-state index >= 15 is 0 Å². The summed E-state index contributed by atoms with van der Waals surface area (Å²) in [6, 6.07) is 0.546. The second kappa shape index (κ2) is 8.01. The van der Waals surface area contributed by atoms with E-state index in [1.165, 1.54) is 0 Å². The largest absolute Gasteiger partial charge is 0.380 e. The highest BCUT2D eigenvalue weighted by atomic mass is 16.5. The summed E-state index contributed by atoms with van der Waals surface area (Å²) in [5, 5.41) is 3.40. The van der Waals surface area contributed by atoms with Gasteiger partial charge in [0, 0.05) is 38.8 Å². The van der Waals surface area contributed by atoms with Crippen LogP contribution in [0.5, 0.6) is 0 Å². The van der Waals surface area contributed by atoms with E-state index in [4.69, 9.17) is 9.47 Å². The van der Waals surface area contributed by atoms with Crippen LogP contribution >= 0.6 is 0 Å². The Bertz CT molecular complexity index is 178. The van der Waals surface area contributed by atoms with Crippen LogP contribution in [0.15, 0.2) is 0 Å². The van der Waals surface area contributed by atoms with Crippen molar-refractivity contribution in [2.24, 2.45) is 0 Å². The fourth-order valence-electron chi connectivity index (χ4n) is 1.92. The minimum atomic E-state index is 0.375. The van der Waals surface area contributed by atoms with E-state index in [1.807, 2.05) is 6.92 Å². The number of ether oxygens (including phenoxy) is 2. The van der Waals surface area contributed by atoms with E-state index in [9.17, 15) is 0 Å². The lowest BCUT2D eigenvalue weighted by atomic mass is 10.2. The molecule has 4 heteroatoms. The Kier molecular flexibility index (Phi) is 6.96. The highest BCUT2D eigenvalue weighted by Crippen LogP contribution is 2.09. The predicted molar refractivity (Wildman–Crippen MR) is 65.8 cm³/mol. The van der Waals surface area contributed by atoms with E-state index in [0.29, 0.717) is 12.1 Å². The van der Waals surface area contributed by atoms with Gasteiger partial charge in [0.05, 0.1) is 19.3 Å². The van der Waals surface area contributed by atoms with Gasteiger partial charge in [0.15, 0.2) is 0 Å². The molecule has 4 nitrogen and oxygen atoms in total. The number of nitrogens with zero attached hydrogens (tertiary/aromatic N) is 1. The zero-order chi connectivity index (χ0) is 11.8. The normalized spacial score (nSPS) is 27.2. The van der Waals surface area contributed by atoms with Crippen LogP contribution in [0.4, 0.5) is 0 Å². The molecule has 0 saturated carbocycles. The fourth-order valence-corrected chi connectivity index (χ4v) is 1.92. The second-order valence-electron chi connectivity index (χ2n) is 4.43. The van der Waals surface area contributed by atoms with Gasteiger partial charge < -0.3 is 14.8 Å². The molecule has 1 N–H and O–H groups in total. The van der Waals surface area contributed by atoms with E-state index in [-0.39, 0.29) is 0 Å². The van der Waals surface area contributed by atoms with E-state index in [1.54, 1.807) is 0 Å². The van der Waals surface area contributed by atoms with Gasteiger partial charge in [-0.15, -0.1) is 0 Å². The maximum absolute atomic E-state index is 5.60. The molecular weight excluding hydrogens is 204 g/mol. The summed E-state index contributed by atoms with van der Waals surface area (Å²) in [5.41, 5.74) is 0. The van der Waals surface area contributed by atoms with E-state index < -0.39 is 0 Å². The van der Waals surface area contributed by atoms with Crippen molar-refractivity contribution in [3.8, 4) is 0 Å². The average molecular weight is 230 g/mol. The molecule has 0 aromatic heterocycles. The highest BCUT2D eigenvalue weighted by Gasteiger charge is 2.22. The number of rotatable bonds is 7. The summed E-state index contributed by atoms with van der Waals surface area (Å²) in [6.45, 7) is 13.0. The molecule has 0 aliphatic carbocycles. The molecular formula is C12H26N2O2. The maximum atomic E-state index is 5.60. The summed E-state index contributed by atoms with van der Waals surface area (Å²) < 4.78 is 10.9. The Balaban J connectivity index is 2.02. The van der Waals surface area contributed by atoms with E-state index in [2.05, 4.69) is 24.1 Å². The SMILES string of the molecule is CCOCCNCCN1CC(C)OCC1C. The summed E-state index contributed by atoms with van der Waals surface area (Å²) >= 11 is 0. The molecule has 0 amide bonds. The van der Waals surface area contributed by atoms with Gasteiger partial charge in [0.1, 0.15) is 0 Å². The Labute approximate surface area is 99.3 Å². The van der Waals surface area contributed by atoms with Gasteiger partial charge in [-0.1, -0.05) is 0 Å². The lowest BCUT2D eigenvalue weighted by Gasteiger charge is -2.36. The maximum Gasteiger partial charge on any atom is 0.0674 e. The van der Waals surface area contributed by atoms with Gasteiger partial charge in [-0.3, -0.25) is 4.90 Å². The monoisotopic (exact) mass is 230 g/mol. The number of morpholine rings is 1. The van der Waals surface area contributed by atoms with Crippen LogP contribution in [-0.4, -0.2) is 63.0 Å². The van der Waals surface area contributed by atoms with Crippen molar-refractivity contribution < 1.29 is 9.47 Å². The lowest BCUT2D eigenvalue weighted by Crippen LogP contribution is -2.49. The first-order valence-corrected chi connectivity index (χ1v) is 6.38. The molecule has 0 aromatic rings. The van der Waals surface area contributed by atoms with Gasteiger partial charge in [0.25, 0.3) is 0 Å². The first-order valence-electron chi connectivity index (χ1n) is 6.38. The van der Waals surface area contributed by atoms with Crippen LogP contribution in [0.2, 0.25) is 0 Å². The van der Waals surface area contributed by atoms with Gasteiger partial charge in [0.2, 0.25) is 0 Å². The summed E-state index contributed by atoms with van der Waals surface area (Å²) in [6.07, 6.45) is 0.375. The average Bonchev–Trinajstić information content (AvgIpc) is 2.28. The summed E-state index contributed by atoms with van der Waals surface area (Å²) in [4.78, 5) is 2.49. The van der Waals surface area contributed by atoms with Crippen LogP contribution in [0.25, 0.3) is 0 Å². The van der Waals surface area contributed by atoms with Crippen LogP contribution in [0.3, 0.4) is 0 Å². The van der Waals surface area contributed by atoms with Crippen molar-refractivity contribution in [1.29, 1.82) is 0 Å².